The van der Waals surface area contributed by atoms with Crippen LogP contribution in [0.3, 0.4) is 0 Å². The maximum atomic E-state index is 11.6. The average molecular weight is 218 g/mol. The van der Waals surface area contributed by atoms with Gasteiger partial charge in [0.15, 0.2) is 5.43 Å². The van der Waals surface area contributed by atoms with E-state index in [4.69, 9.17) is 9.15 Å². The summed E-state index contributed by atoms with van der Waals surface area (Å²) in [5, 5.41) is 0.454. The number of carbonyl (C=O) groups is 1. The predicted molar refractivity (Wildman–Crippen MR) is 58.4 cm³/mol. The van der Waals surface area contributed by atoms with Crippen molar-refractivity contribution in [2.45, 2.75) is 6.92 Å². The second kappa shape index (κ2) is 4.18. The molecule has 2 aromatic rings. The minimum atomic E-state index is -0.620. The summed E-state index contributed by atoms with van der Waals surface area (Å²) >= 11 is 0. The molecule has 0 radical (unpaired) electrons. The molecule has 0 atom stereocenters. The Balaban J connectivity index is 2.58. The molecule has 0 saturated heterocycles. The van der Waals surface area contributed by atoms with Gasteiger partial charge in [0.2, 0.25) is 5.76 Å². The Labute approximate surface area is 91.4 Å². The van der Waals surface area contributed by atoms with E-state index in [-0.39, 0.29) is 17.8 Å². The van der Waals surface area contributed by atoms with Gasteiger partial charge in [0.05, 0.1) is 12.0 Å². The zero-order valence-electron chi connectivity index (χ0n) is 8.73. The molecule has 4 nitrogen and oxygen atoms in total. The van der Waals surface area contributed by atoms with Crippen LogP contribution in [0.25, 0.3) is 11.0 Å². The van der Waals surface area contributed by atoms with Crippen molar-refractivity contribution in [3.63, 3.8) is 0 Å². The lowest BCUT2D eigenvalue weighted by Gasteiger charge is -2.01. The van der Waals surface area contributed by atoms with E-state index in [0.717, 1.165) is 6.07 Å². The van der Waals surface area contributed by atoms with E-state index < -0.39 is 5.97 Å². The van der Waals surface area contributed by atoms with Crippen molar-refractivity contribution in [2.24, 2.45) is 0 Å². The summed E-state index contributed by atoms with van der Waals surface area (Å²) in [6.45, 7) is 1.94. The number of fused-ring (bicyclic) bond motifs is 1. The van der Waals surface area contributed by atoms with E-state index in [1.807, 2.05) is 0 Å². The average Bonchev–Trinajstić information content (AvgIpc) is 2.29. The Hall–Kier alpha value is -2.10. The lowest BCUT2D eigenvalue weighted by atomic mass is 10.2. The van der Waals surface area contributed by atoms with Crippen molar-refractivity contribution in [3.05, 3.63) is 46.3 Å². The number of hydrogen-bond donors (Lipinski definition) is 0. The lowest BCUT2D eigenvalue weighted by molar-refractivity contribution is 0.0490. The van der Waals surface area contributed by atoms with Crippen LogP contribution in [0.4, 0.5) is 0 Å². The number of carbonyl (C=O) groups excluding carboxylic acids is 1. The molecule has 0 bridgehead atoms. The van der Waals surface area contributed by atoms with Gasteiger partial charge in [-0.05, 0) is 19.1 Å². The highest BCUT2D eigenvalue weighted by molar-refractivity contribution is 5.88. The summed E-state index contributed by atoms with van der Waals surface area (Å²) < 4.78 is 10.0. The Morgan fingerprint density at radius 2 is 2.12 bits per heavy atom. The number of rotatable bonds is 2. The predicted octanol–water partition coefficient (Wildman–Crippen LogP) is 1.97. The van der Waals surface area contributed by atoms with E-state index in [9.17, 15) is 9.59 Å². The fourth-order valence-electron chi connectivity index (χ4n) is 1.41. The largest absolute Gasteiger partial charge is 0.460 e. The van der Waals surface area contributed by atoms with Gasteiger partial charge in [-0.15, -0.1) is 0 Å². The highest BCUT2D eigenvalue weighted by atomic mass is 16.5. The fraction of sp³-hybridized carbons (Fsp3) is 0.167. The smallest absolute Gasteiger partial charge is 0.374 e. The zero-order chi connectivity index (χ0) is 11.5. The molecule has 1 aromatic heterocycles. The zero-order valence-corrected chi connectivity index (χ0v) is 8.73. The summed E-state index contributed by atoms with van der Waals surface area (Å²) in [4.78, 5) is 23.0. The third kappa shape index (κ3) is 1.82. The van der Waals surface area contributed by atoms with Crippen molar-refractivity contribution in [2.75, 3.05) is 6.61 Å². The first kappa shape index (κ1) is 10.4. The normalized spacial score (nSPS) is 10.3. The van der Waals surface area contributed by atoms with E-state index in [2.05, 4.69) is 0 Å². The van der Waals surface area contributed by atoms with Gasteiger partial charge in [-0.25, -0.2) is 4.79 Å². The van der Waals surface area contributed by atoms with Crippen LogP contribution >= 0.6 is 0 Å². The monoisotopic (exact) mass is 218 g/mol. The van der Waals surface area contributed by atoms with Crippen LogP contribution in [-0.2, 0) is 4.74 Å². The highest BCUT2D eigenvalue weighted by Crippen LogP contribution is 2.12. The Morgan fingerprint density at radius 3 is 2.88 bits per heavy atom. The van der Waals surface area contributed by atoms with Crippen molar-refractivity contribution < 1.29 is 13.9 Å². The number of para-hydroxylation sites is 1. The van der Waals surface area contributed by atoms with Crippen molar-refractivity contribution in [1.82, 2.24) is 0 Å². The molecule has 1 heterocycles. The van der Waals surface area contributed by atoms with Gasteiger partial charge in [0.1, 0.15) is 5.58 Å². The molecular weight excluding hydrogens is 208 g/mol. The van der Waals surface area contributed by atoms with Gasteiger partial charge in [-0.2, -0.15) is 0 Å². The van der Waals surface area contributed by atoms with E-state index in [1.165, 1.54) is 0 Å². The fourth-order valence-corrected chi connectivity index (χ4v) is 1.41. The maximum absolute atomic E-state index is 11.6. The third-order valence-corrected chi connectivity index (χ3v) is 2.11. The molecule has 2 rings (SSSR count). The third-order valence-electron chi connectivity index (χ3n) is 2.11. The highest BCUT2D eigenvalue weighted by Gasteiger charge is 2.12. The van der Waals surface area contributed by atoms with Crippen LogP contribution in [0.15, 0.2) is 39.5 Å². The molecule has 82 valence electrons. The molecule has 0 fully saturated rings. The van der Waals surface area contributed by atoms with Crippen LogP contribution < -0.4 is 5.43 Å². The lowest BCUT2D eigenvalue weighted by Crippen LogP contribution is -2.09. The molecule has 16 heavy (non-hydrogen) atoms. The summed E-state index contributed by atoms with van der Waals surface area (Å²) in [6.07, 6.45) is 0. The van der Waals surface area contributed by atoms with Gasteiger partial charge < -0.3 is 9.15 Å². The minimum absolute atomic E-state index is 0.0643. The second-order valence-electron chi connectivity index (χ2n) is 3.19. The summed E-state index contributed by atoms with van der Waals surface area (Å²) in [7, 11) is 0. The number of benzene rings is 1. The molecule has 1 aromatic carbocycles. The number of ether oxygens (including phenoxy) is 1. The first-order valence-corrected chi connectivity index (χ1v) is 4.92. The molecule has 0 N–H and O–H groups in total. The van der Waals surface area contributed by atoms with Gasteiger partial charge in [-0.3, -0.25) is 4.79 Å². The van der Waals surface area contributed by atoms with Gasteiger partial charge >= 0.3 is 5.97 Å². The second-order valence-corrected chi connectivity index (χ2v) is 3.19. The first-order chi connectivity index (χ1) is 7.72. The minimum Gasteiger partial charge on any atom is -0.460 e. The van der Waals surface area contributed by atoms with Crippen molar-refractivity contribution in [1.29, 1.82) is 0 Å². The quantitative estimate of drug-likeness (QED) is 0.723. The van der Waals surface area contributed by atoms with E-state index >= 15 is 0 Å². The molecule has 0 aliphatic carbocycles. The van der Waals surface area contributed by atoms with Crippen molar-refractivity contribution in [3.8, 4) is 0 Å². The molecule has 0 amide bonds. The molecule has 0 saturated carbocycles. The van der Waals surface area contributed by atoms with Crippen LogP contribution in [-0.4, -0.2) is 12.6 Å². The topological polar surface area (TPSA) is 56.5 Å². The van der Waals surface area contributed by atoms with Crippen LogP contribution in [0, 0.1) is 0 Å². The van der Waals surface area contributed by atoms with Crippen LogP contribution in [0.1, 0.15) is 17.5 Å². The summed E-state index contributed by atoms with van der Waals surface area (Å²) in [5.74, 6) is -0.684. The number of hydrogen-bond acceptors (Lipinski definition) is 4. The molecule has 0 spiro atoms. The van der Waals surface area contributed by atoms with Crippen molar-refractivity contribution >= 4 is 16.9 Å². The first-order valence-electron chi connectivity index (χ1n) is 4.92. The standard InChI is InChI=1S/C12H10O4/c1-2-15-12(14)11-7-9(13)8-5-3-4-6-10(8)16-11/h3-7H,2H2,1H3. The van der Waals surface area contributed by atoms with Gasteiger partial charge in [-0.1, -0.05) is 12.1 Å². The van der Waals surface area contributed by atoms with E-state index in [0.29, 0.717) is 11.0 Å². The molecule has 4 heteroatoms. The molecular formula is C12H10O4. The maximum Gasteiger partial charge on any atom is 0.374 e. The van der Waals surface area contributed by atoms with Crippen LogP contribution in [0.5, 0.6) is 0 Å². The summed E-state index contributed by atoms with van der Waals surface area (Å²) in [5.41, 5.74) is 0.142. The Kier molecular flexibility index (Phi) is 2.72. The number of esters is 1. The summed E-state index contributed by atoms with van der Waals surface area (Å²) in [6, 6.07) is 7.92. The van der Waals surface area contributed by atoms with Crippen LogP contribution in [0.2, 0.25) is 0 Å². The molecule has 0 aliphatic rings. The molecule has 0 unspecified atom stereocenters. The van der Waals surface area contributed by atoms with E-state index in [1.54, 1.807) is 31.2 Å². The molecule has 0 aliphatic heterocycles. The SMILES string of the molecule is CCOC(=O)c1cc(=O)c2ccccc2o1. The Morgan fingerprint density at radius 1 is 1.38 bits per heavy atom. The Bertz CT molecular complexity index is 583. The van der Waals surface area contributed by atoms with Gasteiger partial charge in [0, 0.05) is 6.07 Å². The van der Waals surface area contributed by atoms with Gasteiger partial charge in [0.25, 0.3) is 0 Å².